The summed E-state index contributed by atoms with van der Waals surface area (Å²) in [4.78, 5) is 16.9. The largest absolute Gasteiger partial charge is 0.339 e. The topological polar surface area (TPSA) is 49.6 Å². The van der Waals surface area contributed by atoms with Gasteiger partial charge in [-0.3, -0.25) is 4.79 Å². The molecule has 2 rings (SSSR count). The Kier molecular flexibility index (Phi) is 5.22. The fraction of sp³-hybridized carbons (Fsp3) is 0.933. The Labute approximate surface area is 117 Å². The molecule has 2 fully saturated rings. The monoisotopic (exact) mass is 267 g/mol. The predicted octanol–water partition coefficient (Wildman–Crippen LogP) is 1.45. The van der Waals surface area contributed by atoms with Gasteiger partial charge in [-0.15, -0.1) is 0 Å². The van der Waals surface area contributed by atoms with E-state index >= 15 is 0 Å². The molecule has 1 saturated heterocycles. The van der Waals surface area contributed by atoms with Gasteiger partial charge in [0.25, 0.3) is 0 Å². The number of nitrogens with two attached hydrogens (primary N) is 1. The summed E-state index contributed by atoms with van der Waals surface area (Å²) in [5.41, 5.74) is 6.02. The molecule has 0 aromatic rings. The summed E-state index contributed by atoms with van der Waals surface area (Å²) >= 11 is 0. The average molecular weight is 267 g/mol. The van der Waals surface area contributed by atoms with Crippen molar-refractivity contribution in [3.8, 4) is 0 Å². The Morgan fingerprint density at radius 1 is 1.26 bits per heavy atom. The molecular formula is C15H29N3O. The Bertz CT molecular complexity index is 308. The second-order valence-corrected chi connectivity index (χ2v) is 6.55. The van der Waals surface area contributed by atoms with E-state index in [4.69, 9.17) is 5.73 Å². The molecule has 0 bridgehead atoms. The van der Waals surface area contributed by atoms with E-state index in [0.717, 1.165) is 38.9 Å². The number of nitrogens with zero attached hydrogens (tertiary/aromatic N) is 2. The van der Waals surface area contributed by atoms with Gasteiger partial charge in [-0.05, 0) is 52.1 Å². The van der Waals surface area contributed by atoms with E-state index in [1.165, 1.54) is 12.8 Å². The number of amides is 1. The lowest BCUT2D eigenvalue weighted by Crippen LogP contribution is -2.43. The molecule has 1 aliphatic heterocycles. The average Bonchev–Trinajstić information content (AvgIpc) is 2.50. The minimum atomic E-state index is 0.319. The first kappa shape index (κ1) is 14.8. The van der Waals surface area contributed by atoms with Gasteiger partial charge in [-0.25, -0.2) is 0 Å². The summed E-state index contributed by atoms with van der Waals surface area (Å²) in [6.45, 7) is 5.19. The van der Waals surface area contributed by atoms with Crippen LogP contribution in [0.5, 0.6) is 0 Å². The summed E-state index contributed by atoms with van der Waals surface area (Å²) < 4.78 is 0. The van der Waals surface area contributed by atoms with Crippen molar-refractivity contribution >= 4 is 5.91 Å². The fourth-order valence-electron chi connectivity index (χ4n) is 3.62. The highest BCUT2D eigenvalue weighted by atomic mass is 16.2. The molecule has 1 amide bonds. The van der Waals surface area contributed by atoms with Crippen molar-refractivity contribution < 1.29 is 4.79 Å². The van der Waals surface area contributed by atoms with Crippen LogP contribution < -0.4 is 5.73 Å². The van der Waals surface area contributed by atoms with Crippen LogP contribution in [0.2, 0.25) is 0 Å². The van der Waals surface area contributed by atoms with E-state index in [9.17, 15) is 4.79 Å². The second-order valence-electron chi connectivity index (χ2n) is 6.55. The lowest BCUT2D eigenvalue weighted by Gasteiger charge is -2.31. The number of rotatable bonds is 2. The van der Waals surface area contributed by atoms with Gasteiger partial charge in [-0.1, -0.05) is 6.42 Å². The third kappa shape index (κ3) is 4.18. The third-order valence-corrected chi connectivity index (χ3v) is 4.65. The van der Waals surface area contributed by atoms with Crippen molar-refractivity contribution in [1.82, 2.24) is 9.80 Å². The van der Waals surface area contributed by atoms with Crippen molar-refractivity contribution in [1.29, 1.82) is 0 Å². The summed E-state index contributed by atoms with van der Waals surface area (Å²) in [6, 6.07) is 0.663. The predicted molar refractivity (Wildman–Crippen MR) is 77.8 cm³/mol. The smallest absolute Gasteiger partial charge is 0.223 e. The molecule has 0 spiro atoms. The van der Waals surface area contributed by atoms with E-state index < -0.39 is 0 Å². The van der Waals surface area contributed by atoms with Crippen molar-refractivity contribution in [3.05, 3.63) is 0 Å². The maximum atomic E-state index is 12.5. The molecule has 110 valence electrons. The van der Waals surface area contributed by atoms with Gasteiger partial charge in [0.15, 0.2) is 0 Å². The summed E-state index contributed by atoms with van der Waals surface area (Å²) in [5.74, 6) is 0.867. The van der Waals surface area contributed by atoms with Crippen molar-refractivity contribution in [2.45, 2.75) is 57.5 Å². The van der Waals surface area contributed by atoms with E-state index in [-0.39, 0.29) is 0 Å². The number of hydrogen-bond donors (Lipinski definition) is 1. The minimum Gasteiger partial charge on any atom is -0.339 e. The maximum Gasteiger partial charge on any atom is 0.223 e. The van der Waals surface area contributed by atoms with Crippen LogP contribution in [0, 0.1) is 5.92 Å². The molecule has 1 heterocycles. The molecule has 1 aliphatic carbocycles. The van der Waals surface area contributed by atoms with Gasteiger partial charge in [0, 0.05) is 31.6 Å². The van der Waals surface area contributed by atoms with Crippen LogP contribution in [0.4, 0.5) is 0 Å². The first-order chi connectivity index (χ1) is 9.06. The van der Waals surface area contributed by atoms with Gasteiger partial charge < -0.3 is 15.5 Å². The van der Waals surface area contributed by atoms with Crippen molar-refractivity contribution in [2.24, 2.45) is 11.7 Å². The van der Waals surface area contributed by atoms with Gasteiger partial charge >= 0.3 is 0 Å². The molecule has 19 heavy (non-hydrogen) atoms. The molecule has 3 unspecified atom stereocenters. The maximum absolute atomic E-state index is 12.5. The standard InChI is InChI=1S/C15H29N3O/c1-12-11-17(2)7-4-8-18(12)15(19)10-13-5-3-6-14(16)9-13/h12-14H,3-11,16H2,1-2H3. The zero-order valence-corrected chi connectivity index (χ0v) is 12.5. The van der Waals surface area contributed by atoms with Crippen LogP contribution in [0.15, 0.2) is 0 Å². The lowest BCUT2D eigenvalue weighted by molar-refractivity contribution is -0.134. The zero-order valence-electron chi connectivity index (χ0n) is 12.5. The van der Waals surface area contributed by atoms with Crippen LogP contribution in [0.25, 0.3) is 0 Å². The molecule has 3 atom stereocenters. The number of carbonyl (C=O) groups is 1. The normalized spacial score (nSPS) is 34.1. The molecular weight excluding hydrogens is 238 g/mol. The van der Waals surface area contributed by atoms with Gasteiger partial charge in [0.1, 0.15) is 0 Å². The van der Waals surface area contributed by atoms with Gasteiger partial charge in [-0.2, -0.15) is 0 Å². The zero-order chi connectivity index (χ0) is 13.8. The molecule has 1 saturated carbocycles. The minimum absolute atomic E-state index is 0.319. The molecule has 0 aromatic heterocycles. The Morgan fingerprint density at radius 3 is 2.79 bits per heavy atom. The molecule has 2 aliphatic rings. The Balaban J connectivity index is 1.87. The summed E-state index contributed by atoms with van der Waals surface area (Å²) in [7, 11) is 2.14. The molecule has 2 N–H and O–H groups in total. The van der Waals surface area contributed by atoms with Gasteiger partial charge in [0.2, 0.25) is 5.91 Å². The number of hydrogen-bond acceptors (Lipinski definition) is 3. The number of likely N-dealkylation sites (N-methyl/N-ethyl adjacent to an activating group) is 1. The first-order valence-electron chi connectivity index (χ1n) is 7.80. The summed E-state index contributed by atoms with van der Waals surface area (Å²) in [6.07, 6.45) is 6.35. The molecule has 4 heteroatoms. The number of carbonyl (C=O) groups excluding carboxylic acids is 1. The highest BCUT2D eigenvalue weighted by Gasteiger charge is 2.27. The third-order valence-electron chi connectivity index (χ3n) is 4.65. The highest BCUT2D eigenvalue weighted by Crippen LogP contribution is 2.27. The Morgan fingerprint density at radius 2 is 2.05 bits per heavy atom. The van der Waals surface area contributed by atoms with E-state index in [2.05, 4.69) is 23.8 Å². The molecule has 0 aromatic carbocycles. The van der Waals surface area contributed by atoms with E-state index in [1.807, 2.05) is 0 Å². The van der Waals surface area contributed by atoms with Crippen LogP contribution in [-0.2, 0) is 4.79 Å². The molecule has 4 nitrogen and oxygen atoms in total. The van der Waals surface area contributed by atoms with Crippen LogP contribution in [0.3, 0.4) is 0 Å². The van der Waals surface area contributed by atoms with Crippen LogP contribution in [0.1, 0.15) is 45.4 Å². The SMILES string of the molecule is CC1CN(C)CCCN1C(=O)CC1CCCC(N)C1. The summed E-state index contributed by atoms with van der Waals surface area (Å²) in [5, 5.41) is 0. The van der Waals surface area contributed by atoms with Crippen molar-refractivity contribution in [3.63, 3.8) is 0 Å². The molecule has 0 radical (unpaired) electrons. The van der Waals surface area contributed by atoms with Crippen LogP contribution >= 0.6 is 0 Å². The van der Waals surface area contributed by atoms with E-state index in [0.29, 0.717) is 30.3 Å². The fourth-order valence-corrected chi connectivity index (χ4v) is 3.62. The second kappa shape index (κ2) is 6.71. The van der Waals surface area contributed by atoms with Gasteiger partial charge in [0.05, 0.1) is 0 Å². The highest BCUT2D eigenvalue weighted by molar-refractivity contribution is 5.76. The van der Waals surface area contributed by atoms with Crippen LogP contribution in [-0.4, -0.2) is 54.5 Å². The Hall–Kier alpha value is -0.610. The van der Waals surface area contributed by atoms with E-state index in [1.54, 1.807) is 0 Å². The first-order valence-corrected chi connectivity index (χ1v) is 7.80. The van der Waals surface area contributed by atoms with Crippen molar-refractivity contribution in [2.75, 3.05) is 26.7 Å². The quantitative estimate of drug-likeness (QED) is 0.824. The lowest BCUT2D eigenvalue weighted by atomic mass is 9.84.